The SMILES string of the molecule is N#Cc1cnc(NC2CCN(C(=O)Cc3ccccc3)C2)cn1. The van der Waals surface area contributed by atoms with E-state index in [0.717, 1.165) is 18.5 Å². The Labute approximate surface area is 134 Å². The van der Waals surface area contributed by atoms with Crippen LogP contribution in [0.5, 0.6) is 0 Å². The van der Waals surface area contributed by atoms with Gasteiger partial charge in [-0.3, -0.25) is 4.79 Å². The molecule has 1 aliphatic rings. The lowest BCUT2D eigenvalue weighted by Gasteiger charge is -2.17. The van der Waals surface area contributed by atoms with Gasteiger partial charge in [-0.25, -0.2) is 9.97 Å². The van der Waals surface area contributed by atoms with Gasteiger partial charge in [-0.1, -0.05) is 30.3 Å². The molecule has 0 spiro atoms. The fourth-order valence-electron chi connectivity index (χ4n) is 2.66. The molecule has 1 aromatic heterocycles. The molecule has 0 saturated carbocycles. The van der Waals surface area contributed by atoms with Crippen molar-refractivity contribution in [3.8, 4) is 6.07 Å². The van der Waals surface area contributed by atoms with Crippen LogP contribution < -0.4 is 5.32 Å². The zero-order valence-corrected chi connectivity index (χ0v) is 12.6. The average molecular weight is 307 g/mol. The lowest BCUT2D eigenvalue weighted by Crippen LogP contribution is -2.32. The van der Waals surface area contributed by atoms with Gasteiger partial charge in [0.25, 0.3) is 0 Å². The second-order valence-electron chi connectivity index (χ2n) is 5.53. The largest absolute Gasteiger partial charge is 0.364 e. The van der Waals surface area contributed by atoms with Crippen LogP contribution in [0.15, 0.2) is 42.7 Å². The molecule has 1 aliphatic heterocycles. The van der Waals surface area contributed by atoms with E-state index >= 15 is 0 Å². The highest BCUT2D eigenvalue weighted by Crippen LogP contribution is 2.15. The van der Waals surface area contributed by atoms with Crippen LogP contribution in [0.1, 0.15) is 17.7 Å². The number of hydrogen-bond acceptors (Lipinski definition) is 5. The van der Waals surface area contributed by atoms with Gasteiger partial charge in [0.1, 0.15) is 11.9 Å². The minimum absolute atomic E-state index is 0.145. The number of likely N-dealkylation sites (tertiary alicyclic amines) is 1. The Hall–Kier alpha value is -2.94. The molecule has 6 heteroatoms. The molecule has 0 bridgehead atoms. The van der Waals surface area contributed by atoms with Crippen LogP contribution in [-0.4, -0.2) is 39.9 Å². The second kappa shape index (κ2) is 6.88. The molecule has 2 heterocycles. The molecule has 3 rings (SSSR count). The van der Waals surface area contributed by atoms with E-state index in [9.17, 15) is 4.79 Å². The zero-order valence-electron chi connectivity index (χ0n) is 12.6. The summed E-state index contributed by atoms with van der Waals surface area (Å²) in [5.41, 5.74) is 1.33. The maximum Gasteiger partial charge on any atom is 0.227 e. The van der Waals surface area contributed by atoms with Gasteiger partial charge >= 0.3 is 0 Å². The fraction of sp³-hybridized carbons (Fsp3) is 0.294. The minimum atomic E-state index is 0.145. The molecule has 1 saturated heterocycles. The Morgan fingerprint density at radius 1 is 1.30 bits per heavy atom. The third kappa shape index (κ3) is 3.83. The number of hydrogen-bond donors (Lipinski definition) is 1. The Kier molecular flexibility index (Phi) is 4.48. The summed E-state index contributed by atoms with van der Waals surface area (Å²) in [6, 6.07) is 11.9. The molecule has 23 heavy (non-hydrogen) atoms. The van der Waals surface area contributed by atoms with Crippen molar-refractivity contribution < 1.29 is 4.79 Å². The molecule has 1 amide bonds. The molecule has 1 atom stereocenters. The van der Waals surface area contributed by atoms with Crippen LogP contribution in [0.4, 0.5) is 5.82 Å². The lowest BCUT2D eigenvalue weighted by atomic mass is 10.1. The van der Waals surface area contributed by atoms with Crippen molar-refractivity contribution in [3.63, 3.8) is 0 Å². The van der Waals surface area contributed by atoms with E-state index in [2.05, 4.69) is 15.3 Å². The second-order valence-corrected chi connectivity index (χ2v) is 5.53. The number of carbonyl (C=O) groups is 1. The maximum atomic E-state index is 12.3. The van der Waals surface area contributed by atoms with Crippen LogP contribution in [0.25, 0.3) is 0 Å². The number of amides is 1. The van der Waals surface area contributed by atoms with Crippen molar-refractivity contribution in [2.75, 3.05) is 18.4 Å². The molecule has 116 valence electrons. The summed E-state index contributed by atoms with van der Waals surface area (Å²) in [4.78, 5) is 22.3. The van der Waals surface area contributed by atoms with Gasteiger partial charge in [-0.15, -0.1) is 0 Å². The smallest absolute Gasteiger partial charge is 0.227 e. The highest BCUT2D eigenvalue weighted by atomic mass is 16.2. The van der Waals surface area contributed by atoms with Crippen LogP contribution in [0.3, 0.4) is 0 Å². The number of carbonyl (C=O) groups excluding carboxylic acids is 1. The van der Waals surface area contributed by atoms with E-state index in [-0.39, 0.29) is 11.9 Å². The Morgan fingerprint density at radius 2 is 2.13 bits per heavy atom. The van der Waals surface area contributed by atoms with E-state index in [1.807, 2.05) is 41.3 Å². The van der Waals surface area contributed by atoms with Gasteiger partial charge in [-0.2, -0.15) is 5.26 Å². The number of benzene rings is 1. The van der Waals surface area contributed by atoms with Crippen LogP contribution in [-0.2, 0) is 11.2 Å². The van der Waals surface area contributed by atoms with E-state index < -0.39 is 0 Å². The van der Waals surface area contributed by atoms with Crippen molar-refractivity contribution in [1.29, 1.82) is 5.26 Å². The summed E-state index contributed by atoms with van der Waals surface area (Å²) in [7, 11) is 0. The molecule has 0 radical (unpaired) electrons. The van der Waals surface area contributed by atoms with Crippen molar-refractivity contribution in [2.24, 2.45) is 0 Å². The van der Waals surface area contributed by atoms with Crippen molar-refractivity contribution in [3.05, 3.63) is 54.0 Å². The number of nitrogens with zero attached hydrogens (tertiary/aromatic N) is 4. The summed E-state index contributed by atoms with van der Waals surface area (Å²) in [6.45, 7) is 1.40. The lowest BCUT2D eigenvalue weighted by molar-refractivity contribution is -0.129. The summed E-state index contributed by atoms with van der Waals surface area (Å²) in [6.07, 6.45) is 4.30. The first-order chi connectivity index (χ1) is 11.2. The molecule has 1 aromatic carbocycles. The number of nitriles is 1. The summed E-state index contributed by atoms with van der Waals surface area (Å²) >= 11 is 0. The highest BCUT2D eigenvalue weighted by molar-refractivity contribution is 5.79. The van der Waals surface area contributed by atoms with E-state index in [4.69, 9.17) is 5.26 Å². The van der Waals surface area contributed by atoms with Gasteiger partial charge < -0.3 is 10.2 Å². The first-order valence-corrected chi connectivity index (χ1v) is 7.55. The molecule has 0 aliphatic carbocycles. The predicted molar refractivity (Wildman–Crippen MR) is 85.5 cm³/mol. The molecular weight excluding hydrogens is 290 g/mol. The van der Waals surface area contributed by atoms with Gasteiger partial charge in [0.05, 0.1) is 18.8 Å². The first-order valence-electron chi connectivity index (χ1n) is 7.55. The predicted octanol–water partition coefficient (Wildman–Crippen LogP) is 1.60. The maximum absolute atomic E-state index is 12.3. The molecule has 6 nitrogen and oxygen atoms in total. The summed E-state index contributed by atoms with van der Waals surface area (Å²) < 4.78 is 0. The quantitative estimate of drug-likeness (QED) is 0.928. The van der Waals surface area contributed by atoms with E-state index in [1.54, 1.807) is 6.20 Å². The van der Waals surface area contributed by atoms with E-state index in [0.29, 0.717) is 24.5 Å². The number of rotatable bonds is 4. The number of nitrogens with one attached hydrogen (secondary N) is 1. The average Bonchev–Trinajstić information content (AvgIpc) is 3.05. The van der Waals surface area contributed by atoms with Crippen LogP contribution in [0.2, 0.25) is 0 Å². The molecule has 1 fully saturated rings. The number of anilines is 1. The third-order valence-corrected chi connectivity index (χ3v) is 3.86. The third-order valence-electron chi connectivity index (χ3n) is 3.86. The van der Waals surface area contributed by atoms with Crippen LogP contribution in [0, 0.1) is 11.3 Å². The highest BCUT2D eigenvalue weighted by Gasteiger charge is 2.26. The van der Waals surface area contributed by atoms with Crippen molar-refractivity contribution in [1.82, 2.24) is 14.9 Å². The Balaban J connectivity index is 1.53. The minimum Gasteiger partial charge on any atom is -0.364 e. The van der Waals surface area contributed by atoms with Gasteiger partial charge in [0.15, 0.2) is 5.69 Å². The van der Waals surface area contributed by atoms with Gasteiger partial charge in [-0.05, 0) is 12.0 Å². The number of aromatic nitrogens is 2. The molecule has 1 unspecified atom stereocenters. The summed E-state index contributed by atoms with van der Waals surface area (Å²) in [5, 5.41) is 12.0. The topological polar surface area (TPSA) is 81.9 Å². The standard InChI is InChI=1S/C17H17N5O/c18-9-15-10-20-16(11-19-15)21-14-6-7-22(12-14)17(23)8-13-4-2-1-3-5-13/h1-5,10-11,14H,6-8,12H2,(H,20,21). The first kappa shape index (κ1) is 15.0. The van der Waals surface area contributed by atoms with Crippen LogP contribution >= 0.6 is 0 Å². The Morgan fingerprint density at radius 3 is 2.83 bits per heavy atom. The molecule has 1 N–H and O–H groups in total. The molecule has 2 aromatic rings. The van der Waals surface area contributed by atoms with Crippen molar-refractivity contribution >= 4 is 11.7 Å². The van der Waals surface area contributed by atoms with E-state index in [1.165, 1.54) is 6.20 Å². The van der Waals surface area contributed by atoms with Crippen molar-refractivity contribution in [2.45, 2.75) is 18.9 Å². The van der Waals surface area contributed by atoms with Gasteiger partial charge in [0.2, 0.25) is 5.91 Å². The zero-order chi connectivity index (χ0) is 16.1. The summed E-state index contributed by atoms with van der Waals surface area (Å²) in [5.74, 6) is 0.776. The Bertz CT molecular complexity index is 708. The fourth-order valence-corrected chi connectivity index (χ4v) is 2.66. The van der Waals surface area contributed by atoms with Gasteiger partial charge in [0, 0.05) is 19.1 Å². The monoisotopic (exact) mass is 307 g/mol. The normalized spacial score (nSPS) is 16.8. The molecular formula is C17H17N5O.